The summed E-state index contributed by atoms with van der Waals surface area (Å²) in [5.74, 6) is -0.999. The monoisotopic (exact) mass is 261 g/mol. The predicted octanol–water partition coefficient (Wildman–Crippen LogP) is 1.01. The van der Waals surface area contributed by atoms with Crippen LogP contribution in [0, 0.1) is 6.92 Å². The number of carboxylic acid groups (broad SMARTS) is 1. The molecule has 0 aliphatic rings. The van der Waals surface area contributed by atoms with Crippen LogP contribution in [0.2, 0.25) is 0 Å². The molecule has 0 atom stereocenters. The maximum atomic E-state index is 11.8. The quantitative estimate of drug-likeness (QED) is 0.850. The number of amides is 1. The zero-order valence-corrected chi connectivity index (χ0v) is 10.1. The second-order valence-electron chi connectivity index (χ2n) is 3.82. The molecule has 0 spiro atoms. The van der Waals surface area contributed by atoms with E-state index < -0.39 is 11.9 Å². The first-order valence-electron chi connectivity index (χ1n) is 5.47. The summed E-state index contributed by atoms with van der Waals surface area (Å²) in [5, 5.41) is 15.1. The van der Waals surface area contributed by atoms with Crippen LogP contribution in [-0.4, -0.2) is 27.1 Å². The highest BCUT2D eigenvalue weighted by molar-refractivity contribution is 5.94. The summed E-state index contributed by atoms with van der Waals surface area (Å²) in [7, 11) is 0. The van der Waals surface area contributed by atoms with E-state index in [9.17, 15) is 9.59 Å². The van der Waals surface area contributed by atoms with Crippen molar-refractivity contribution in [3.8, 4) is 0 Å². The highest BCUT2D eigenvalue weighted by atomic mass is 16.5. The molecule has 0 aliphatic carbocycles. The number of carbonyl (C=O) groups excluding carboxylic acids is 1. The first-order chi connectivity index (χ1) is 9.06. The molecule has 98 valence electrons. The Morgan fingerprint density at radius 3 is 2.74 bits per heavy atom. The molecular formula is C12H11N3O4. The smallest absolute Gasteiger partial charge is 0.354 e. The summed E-state index contributed by atoms with van der Waals surface area (Å²) >= 11 is 0. The molecule has 0 saturated heterocycles. The number of aromatic carboxylic acids is 1. The van der Waals surface area contributed by atoms with Gasteiger partial charge in [-0.3, -0.25) is 4.79 Å². The van der Waals surface area contributed by atoms with Crippen molar-refractivity contribution in [2.24, 2.45) is 0 Å². The normalized spacial score (nSPS) is 10.2. The van der Waals surface area contributed by atoms with Crippen LogP contribution in [-0.2, 0) is 6.54 Å². The summed E-state index contributed by atoms with van der Waals surface area (Å²) < 4.78 is 4.86. The Bertz CT molecular complexity index is 621. The summed E-state index contributed by atoms with van der Waals surface area (Å²) in [6.07, 6.45) is 0. The van der Waals surface area contributed by atoms with Crippen LogP contribution in [0.5, 0.6) is 0 Å². The van der Waals surface area contributed by atoms with Gasteiger partial charge in [0.05, 0.1) is 6.54 Å². The number of pyridine rings is 1. The molecule has 1 amide bonds. The molecule has 19 heavy (non-hydrogen) atoms. The average Bonchev–Trinajstić information content (AvgIpc) is 2.82. The molecule has 0 saturated carbocycles. The maximum absolute atomic E-state index is 11.8. The zero-order valence-electron chi connectivity index (χ0n) is 10.1. The van der Waals surface area contributed by atoms with Crippen LogP contribution in [0.1, 0.15) is 32.4 Å². The summed E-state index contributed by atoms with van der Waals surface area (Å²) in [6.45, 7) is 1.94. The number of carbonyl (C=O) groups is 2. The van der Waals surface area contributed by atoms with Gasteiger partial charge in [0.25, 0.3) is 5.91 Å². The van der Waals surface area contributed by atoms with Gasteiger partial charge < -0.3 is 14.9 Å². The van der Waals surface area contributed by atoms with Gasteiger partial charge in [-0.2, -0.15) is 0 Å². The minimum Gasteiger partial charge on any atom is -0.477 e. The lowest BCUT2D eigenvalue weighted by Gasteiger charge is -2.02. The van der Waals surface area contributed by atoms with E-state index in [1.807, 2.05) is 0 Å². The van der Waals surface area contributed by atoms with E-state index in [0.29, 0.717) is 11.5 Å². The number of aryl methyl sites for hydroxylation is 1. The van der Waals surface area contributed by atoms with Crippen LogP contribution in [0.3, 0.4) is 0 Å². The van der Waals surface area contributed by atoms with Crippen molar-refractivity contribution in [3.05, 3.63) is 47.1 Å². The standard InChI is InChI=1S/C12H11N3O4/c1-7-5-8(15-19-7)6-13-11(16)9-3-2-4-10(14-9)12(17)18/h2-5H,6H2,1H3,(H,13,16)(H,17,18). The number of hydrogen-bond donors (Lipinski definition) is 2. The van der Waals surface area contributed by atoms with Crippen molar-refractivity contribution in [1.29, 1.82) is 0 Å². The maximum Gasteiger partial charge on any atom is 0.354 e. The predicted molar refractivity (Wildman–Crippen MR) is 63.6 cm³/mol. The second kappa shape index (κ2) is 5.30. The Morgan fingerprint density at radius 1 is 1.37 bits per heavy atom. The third-order valence-corrected chi connectivity index (χ3v) is 2.31. The number of carboxylic acids is 1. The lowest BCUT2D eigenvalue weighted by Crippen LogP contribution is -2.24. The number of aromatic nitrogens is 2. The third-order valence-electron chi connectivity index (χ3n) is 2.31. The molecule has 7 heteroatoms. The minimum absolute atomic E-state index is 0.0418. The first-order valence-corrected chi connectivity index (χ1v) is 5.47. The van der Waals surface area contributed by atoms with Crippen LogP contribution < -0.4 is 5.32 Å². The van der Waals surface area contributed by atoms with E-state index in [-0.39, 0.29) is 17.9 Å². The zero-order chi connectivity index (χ0) is 13.8. The molecule has 2 rings (SSSR count). The molecular weight excluding hydrogens is 250 g/mol. The van der Waals surface area contributed by atoms with Gasteiger partial charge >= 0.3 is 5.97 Å². The lowest BCUT2D eigenvalue weighted by molar-refractivity contribution is 0.0690. The Morgan fingerprint density at radius 2 is 2.11 bits per heavy atom. The topological polar surface area (TPSA) is 105 Å². The highest BCUT2D eigenvalue weighted by Gasteiger charge is 2.11. The first kappa shape index (κ1) is 12.7. The van der Waals surface area contributed by atoms with Crippen molar-refractivity contribution in [3.63, 3.8) is 0 Å². The van der Waals surface area contributed by atoms with E-state index in [1.165, 1.54) is 18.2 Å². The Hall–Kier alpha value is -2.70. The number of nitrogens with zero attached hydrogens (tertiary/aromatic N) is 2. The van der Waals surface area contributed by atoms with Gasteiger partial charge in [0.1, 0.15) is 22.8 Å². The van der Waals surface area contributed by atoms with E-state index in [2.05, 4.69) is 15.5 Å². The number of nitrogens with one attached hydrogen (secondary N) is 1. The molecule has 2 aromatic rings. The van der Waals surface area contributed by atoms with Gasteiger partial charge in [-0.1, -0.05) is 11.2 Å². The molecule has 0 aromatic carbocycles. The summed E-state index contributed by atoms with van der Waals surface area (Å²) in [5.41, 5.74) is 0.449. The largest absolute Gasteiger partial charge is 0.477 e. The van der Waals surface area contributed by atoms with Gasteiger partial charge in [-0.05, 0) is 19.1 Å². The lowest BCUT2D eigenvalue weighted by atomic mass is 10.3. The molecule has 7 nitrogen and oxygen atoms in total. The van der Waals surface area contributed by atoms with Crippen molar-refractivity contribution in [1.82, 2.24) is 15.5 Å². The van der Waals surface area contributed by atoms with Crippen LogP contribution >= 0.6 is 0 Å². The van der Waals surface area contributed by atoms with E-state index >= 15 is 0 Å². The van der Waals surface area contributed by atoms with Crippen molar-refractivity contribution >= 4 is 11.9 Å². The van der Waals surface area contributed by atoms with Crippen molar-refractivity contribution < 1.29 is 19.2 Å². The van der Waals surface area contributed by atoms with Gasteiger partial charge in [0, 0.05) is 6.07 Å². The third kappa shape index (κ3) is 3.15. The Balaban J connectivity index is 2.03. The highest BCUT2D eigenvalue weighted by Crippen LogP contribution is 2.03. The van der Waals surface area contributed by atoms with E-state index in [1.54, 1.807) is 13.0 Å². The Kier molecular flexibility index (Phi) is 3.56. The fourth-order valence-electron chi connectivity index (χ4n) is 1.44. The average molecular weight is 261 g/mol. The molecule has 2 N–H and O–H groups in total. The molecule has 2 heterocycles. The van der Waals surface area contributed by atoms with Crippen LogP contribution in [0.4, 0.5) is 0 Å². The molecule has 2 aromatic heterocycles. The van der Waals surface area contributed by atoms with E-state index in [0.717, 1.165) is 0 Å². The number of rotatable bonds is 4. The summed E-state index contributed by atoms with van der Waals surface area (Å²) in [4.78, 5) is 26.3. The van der Waals surface area contributed by atoms with E-state index in [4.69, 9.17) is 9.63 Å². The van der Waals surface area contributed by atoms with Gasteiger partial charge in [0.2, 0.25) is 0 Å². The van der Waals surface area contributed by atoms with Gasteiger partial charge in [0.15, 0.2) is 0 Å². The fourth-order valence-corrected chi connectivity index (χ4v) is 1.44. The van der Waals surface area contributed by atoms with Crippen LogP contribution in [0.15, 0.2) is 28.8 Å². The molecule has 0 bridgehead atoms. The van der Waals surface area contributed by atoms with Crippen molar-refractivity contribution in [2.75, 3.05) is 0 Å². The molecule has 0 aliphatic heterocycles. The van der Waals surface area contributed by atoms with Gasteiger partial charge in [-0.25, -0.2) is 9.78 Å². The molecule has 0 unspecified atom stereocenters. The summed E-state index contributed by atoms with van der Waals surface area (Å²) in [6, 6.07) is 5.92. The Labute approximate surface area is 108 Å². The van der Waals surface area contributed by atoms with Crippen LogP contribution in [0.25, 0.3) is 0 Å². The second-order valence-corrected chi connectivity index (χ2v) is 3.82. The van der Waals surface area contributed by atoms with Crippen molar-refractivity contribution in [2.45, 2.75) is 13.5 Å². The fraction of sp³-hybridized carbons (Fsp3) is 0.167. The molecule has 0 radical (unpaired) electrons. The van der Waals surface area contributed by atoms with Gasteiger partial charge in [-0.15, -0.1) is 0 Å². The SMILES string of the molecule is Cc1cc(CNC(=O)c2cccc(C(=O)O)n2)no1. The molecule has 0 fully saturated rings. The number of hydrogen-bond acceptors (Lipinski definition) is 5. The minimum atomic E-state index is -1.18.